The summed E-state index contributed by atoms with van der Waals surface area (Å²) in [5, 5.41) is 17.1. The van der Waals surface area contributed by atoms with Crippen molar-refractivity contribution in [2.24, 2.45) is 7.05 Å². The highest BCUT2D eigenvalue weighted by atomic mass is 19.1. The highest BCUT2D eigenvalue weighted by Gasteiger charge is 2.11. The smallest absolute Gasteiger partial charge is 0.123 e. The van der Waals surface area contributed by atoms with E-state index >= 15 is 0 Å². The summed E-state index contributed by atoms with van der Waals surface area (Å²) >= 11 is 0. The van der Waals surface area contributed by atoms with Crippen molar-refractivity contribution >= 4 is 0 Å². The van der Waals surface area contributed by atoms with Gasteiger partial charge in [-0.3, -0.25) is 9.67 Å². The monoisotopic (exact) mass is 279 g/mol. The summed E-state index contributed by atoms with van der Waals surface area (Å²) in [6.45, 7) is 0. The molecule has 3 aromatic rings. The maximum Gasteiger partial charge on any atom is 0.123 e. The molecule has 0 bridgehead atoms. The molecule has 0 saturated heterocycles. The molecule has 2 aromatic heterocycles. The Bertz CT molecular complexity index is 830. The molecular formula is C15H10FN5. The molecule has 2 heterocycles. The maximum absolute atomic E-state index is 13.0. The lowest BCUT2D eigenvalue weighted by molar-refractivity contribution is 0.628. The number of aryl methyl sites for hydroxylation is 1. The Morgan fingerprint density at radius 2 is 1.95 bits per heavy atom. The number of rotatable bonds is 2. The highest BCUT2D eigenvalue weighted by molar-refractivity contribution is 5.72. The fraction of sp³-hybridized carbons (Fsp3) is 0.0667. The molecule has 0 atom stereocenters. The van der Waals surface area contributed by atoms with Crippen molar-refractivity contribution in [2.45, 2.75) is 0 Å². The van der Waals surface area contributed by atoms with Gasteiger partial charge in [-0.1, -0.05) is 5.21 Å². The SMILES string of the molecule is Cn1cc(-c2cc(-c3ccc(F)cc3)ncc2C#N)nn1. The van der Waals surface area contributed by atoms with Gasteiger partial charge >= 0.3 is 0 Å². The zero-order valence-electron chi connectivity index (χ0n) is 11.2. The average molecular weight is 279 g/mol. The molecule has 1 aromatic carbocycles. The van der Waals surface area contributed by atoms with Gasteiger partial charge in [-0.25, -0.2) is 4.39 Å². The molecule has 0 amide bonds. The van der Waals surface area contributed by atoms with Crippen molar-refractivity contribution in [1.82, 2.24) is 20.0 Å². The highest BCUT2D eigenvalue weighted by Crippen LogP contribution is 2.26. The van der Waals surface area contributed by atoms with Crippen LogP contribution in [0.5, 0.6) is 0 Å². The summed E-state index contributed by atoms with van der Waals surface area (Å²) in [5.74, 6) is -0.304. The molecule has 0 radical (unpaired) electrons. The predicted molar refractivity (Wildman–Crippen MR) is 74.3 cm³/mol. The summed E-state index contributed by atoms with van der Waals surface area (Å²) in [6, 6.07) is 9.88. The van der Waals surface area contributed by atoms with E-state index in [1.807, 2.05) is 0 Å². The van der Waals surface area contributed by atoms with E-state index in [4.69, 9.17) is 0 Å². The number of halogens is 1. The fourth-order valence-corrected chi connectivity index (χ4v) is 2.01. The quantitative estimate of drug-likeness (QED) is 0.723. The number of hydrogen-bond acceptors (Lipinski definition) is 4. The topological polar surface area (TPSA) is 67.4 Å². The minimum Gasteiger partial charge on any atom is -0.255 e. The van der Waals surface area contributed by atoms with E-state index in [1.165, 1.54) is 18.3 Å². The van der Waals surface area contributed by atoms with Crippen LogP contribution in [0.15, 0.2) is 42.7 Å². The van der Waals surface area contributed by atoms with Crippen molar-refractivity contribution in [3.05, 3.63) is 54.1 Å². The fourth-order valence-electron chi connectivity index (χ4n) is 2.01. The van der Waals surface area contributed by atoms with Crippen LogP contribution in [0.25, 0.3) is 22.5 Å². The van der Waals surface area contributed by atoms with Crippen LogP contribution in [0.1, 0.15) is 5.56 Å². The Labute approximate surface area is 120 Å². The second-order valence-corrected chi connectivity index (χ2v) is 4.51. The van der Waals surface area contributed by atoms with E-state index in [9.17, 15) is 9.65 Å². The molecule has 0 unspecified atom stereocenters. The van der Waals surface area contributed by atoms with Gasteiger partial charge in [0, 0.05) is 24.4 Å². The molecule has 0 aliphatic carbocycles. The standard InChI is InChI=1S/C15H10FN5/c1-21-9-15(19-20-21)13-6-14(18-8-11(13)7-17)10-2-4-12(16)5-3-10/h2-6,8-9H,1H3. The minimum absolute atomic E-state index is 0.304. The van der Waals surface area contributed by atoms with Gasteiger partial charge < -0.3 is 0 Å². The van der Waals surface area contributed by atoms with Gasteiger partial charge in [0.1, 0.15) is 17.6 Å². The van der Waals surface area contributed by atoms with E-state index in [-0.39, 0.29) is 5.82 Å². The van der Waals surface area contributed by atoms with Crippen molar-refractivity contribution < 1.29 is 4.39 Å². The summed E-state index contributed by atoms with van der Waals surface area (Å²) in [4.78, 5) is 4.24. The first kappa shape index (κ1) is 12.9. The first-order valence-electron chi connectivity index (χ1n) is 6.20. The molecule has 0 aliphatic heterocycles. The number of aromatic nitrogens is 4. The molecule has 6 heteroatoms. The largest absolute Gasteiger partial charge is 0.255 e. The van der Waals surface area contributed by atoms with Gasteiger partial charge in [-0.05, 0) is 30.3 Å². The van der Waals surface area contributed by atoms with Gasteiger partial charge in [0.2, 0.25) is 0 Å². The number of hydrogen-bond donors (Lipinski definition) is 0. The van der Waals surface area contributed by atoms with Crippen molar-refractivity contribution in [2.75, 3.05) is 0 Å². The van der Waals surface area contributed by atoms with Gasteiger partial charge in [0.15, 0.2) is 0 Å². The van der Waals surface area contributed by atoms with E-state index in [2.05, 4.69) is 21.4 Å². The van der Waals surface area contributed by atoms with Crippen LogP contribution in [-0.4, -0.2) is 20.0 Å². The lowest BCUT2D eigenvalue weighted by Crippen LogP contribution is -1.91. The molecule has 0 spiro atoms. The van der Waals surface area contributed by atoms with E-state index < -0.39 is 0 Å². The van der Waals surface area contributed by atoms with Gasteiger partial charge in [0.05, 0.1) is 17.5 Å². The summed E-state index contributed by atoms with van der Waals surface area (Å²) in [6.07, 6.45) is 3.22. The number of nitrogens with zero attached hydrogens (tertiary/aromatic N) is 5. The lowest BCUT2D eigenvalue weighted by atomic mass is 10.0. The molecule has 0 aliphatic rings. The molecule has 3 rings (SSSR count). The number of benzene rings is 1. The van der Waals surface area contributed by atoms with E-state index in [0.29, 0.717) is 22.5 Å². The van der Waals surface area contributed by atoms with Gasteiger partial charge in [-0.2, -0.15) is 5.26 Å². The minimum atomic E-state index is -0.304. The second-order valence-electron chi connectivity index (χ2n) is 4.51. The van der Waals surface area contributed by atoms with E-state index in [0.717, 1.165) is 5.56 Å². The second kappa shape index (κ2) is 5.13. The van der Waals surface area contributed by atoms with Crippen LogP contribution < -0.4 is 0 Å². The predicted octanol–water partition coefficient (Wildman–Crippen LogP) is 2.55. The Hall–Kier alpha value is -3.07. The Morgan fingerprint density at radius 1 is 1.19 bits per heavy atom. The van der Waals surface area contributed by atoms with Crippen LogP contribution >= 0.6 is 0 Å². The first-order chi connectivity index (χ1) is 10.2. The van der Waals surface area contributed by atoms with Crippen molar-refractivity contribution in [1.29, 1.82) is 5.26 Å². The number of pyridine rings is 1. The Balaban J connectivity index is 2.13. The van der Waals surface area contributed by atoms with Gasteiger partial charge in [-0.15, -0.1) is 5.10 Å². The van der Waals surface area contributed by atoms with Crippen LogP contribution in [0.3, 0.4) is 0 Å². The third-order valence-electron chi connectivity index (χ3n) is 3.04. The van der Waals surface area contributed by atoms with Gasteiger partial charge in [0.25, 0.3) is 0 Å². The Morgan fingerprint density at radius 3 is 2.57 bits per heavy atom. The zero-order chi connectivity index (χ0) is 14.8. The molecule has 21 heavy (non-hydrogen) atoms. The molecule has 102 valence electrons. The zero-order valence-corrected chi connectivity index (χ0v) is 11.2. The maximum atomic E-state index is 13.0. The van der Waals surface area contributed by atoms with Crippen molar-refractivity contribution in [3.63, 3.8) is 0 Å². The summed E-state index contributed by atoms with van der Waals surface area (Å²) < 4.78 is 14.5. The molecule has 0 N–H and O–H groups in total. The number of nitriles is 1. The van der Waals surface area contributed by atoms with Crippen LogP contribution in [0, 0.1) is 17.1 Å². The normalized spacial score (nSPS) is 10.3. The Kier molecular flexibility index (Phi) is 3.16. The molecule has 5 nitrogen and oxygen atoms in total. The van der Waals surface area contributed by atoms with Crippen LogP contribution in [-0.2, 0) is 7.05 Å². The first-order valence-corrected chi connectivity index (χ1v) is 6.20. The third-order valence-corrected chi connectivity index (χ3v) is 3.04. The lowest BCUT2D eigenvalue weighted by Gasteiger charge is -2.04. The summed E-state index contributed by atoms with van der Waals surface area (Å²) in [5.41, 5.74) is 3.08. The molecule has 0 fully saturated rings. The average Bonchev–Trinajstić information content (AvgIpc) is 2.94. The molecule has 0 saturated carbocycles. The van der Waals surface area contributed by atoms with Crippen LogP contribution in [0.4, 0.5) is 4.39 Å². The van der Waals surface area contributed by atoms with Crippen molar-refractivity contribution in [3.8, 4) is 28.6 Å². The van der Waals surface area contributed by atoms with Crippen LogP contribution in [0.2, 0.25) is 0 Å². The molecular weight excluding hydrogens is 269 g/mol. The van der Waals surface area contributed by atoms with E-state index in [1.54, 1.807) is 36.1 Å². The third kappa shape index (κ3) is 2.49. The summed E-state index contributed by atoms with van der Waals surface area (Å²) in [7, 11) is 1.75.